The van der Waals surface area contributed by atoms with E-state index >= 15 is 0 Å². The van der Waals surface area contributed by atoms with Crippen molar-refractivity contribution in [2.24, 2.45) is 0 Å². The van der Waals surface area contributed by atoms with Gasteiger partial charge in [0.1, 0.15) is 0 Å². The van der Waals surface area contributed by atoms with Crippen LogP contribution in [0.15, 0.2) is 24.3 Å². The average molecular weight is 301 g/mol. The molecule has 5 heteroatoms. The Bertz CT molecular complexity index is 573. The minimum atomic E-state index is -0.140. The highest BCUT2D eigenvalue weighted by molar-refractivity contribution is 5.83. The van der Waals surface area contributed by atoms with E-state index in [2.05, 4.69) is 17.4 Å². The zero-order valence-electron chi connectivity index (χ0n) is 13.0. The van der Waals surface area contributed by atoms with Gasteiger partial charge in [-0.25, -0.2) is 0 Å². The average Bonchev–Trinajstić information content (AvgIpc) is 2.80. The molecular weight excluding hydrogens is 278 g/mol. The van der Waals surface area contributed by atoms with Crippen molar-refractivity contribution in [1.29, 1.82) is 0 Å². The first kappa shape index (κ1) is 15.0. The summed E-state index contributed by atoms with van der Waals surface area (Å²) in [5.74, 6) is 0.263. The van der Waals surface area contributed by atoms with Gasteiger partial charge in [-0.15, -0.1) is 0 Å². The highest BCUT2D eigenvalue weighted by Crippen LogP contribution is 2.18. The Balaban J connectivity index is 1.64. The number of hydrogen-bond acceptors (Lipinski definition) is 3. The summed E-state index contributed by atoms with van der Waals surface area (Å²) in [5, 5.41) is 3.35. The Hall–Kier alpha value is -1.88. The van der Waals surface area contributed by atoms with Gasteiger partial charge in [-0.05, 0) is 24.0 Å². The van der Waals surface area contributed by atoms with Crippen LogP contribution in [0.25, 0.3) is 0 Å². The lowest BCUT2D eigenvalue weighted by Gasteiger charge is -2.30. The molecule has 0 bridgehead atoms. The molecular formula is C17H23N3O2. The monoisotopic (exact) mass is 301 g/mol. The largest absolute Gasteiger partial charge is 0.341 e. The fourth-order valence-electron chi connectivity index (χ4n) is 3.30. The van der Waals surface area contributed by atoms with Crippen molar-refractivity contribution in [1.82, 2.24) is 15.1 Å². The number of rotatable bonds is 1. The quantitative estimate of drug-likeness (QED) is 0.834. The maximum absolute atomic E-state index is 12.8. The smallest absolute Gasteiger partial charge is 0.240 e. The molecule has 0 aromatic heterocycles. The van der Waals surface area contributed by atoms with E-state index in [4.69, 9.17) is 0 Å². The van der Waals surface area contributed by atoms with Crippen molar-refractivity contribution in [3.05, 3.63) is 35.4 Å². The van der Waals surface area contributed by atoms with Gasteiger partial charge < -0.3 is 15.1 Å². The van der Waals surface area contributed by atoms with Crippen LogP contribution in [0.4, 0.5) is 0 Å². The molecule has 3 rings (SSSR count). The van der Waals surface area contributed by atoms with Crippen LogP contribution in [0.3, 0.4) is 0 Å². The highest BCUT2D eigenvalue weighted by Gasteiger charge is 2.29. The third-order valence-electron chi connectivity index (χ3n) is 4.63. The molecule has 0 aliphatic carbocycles. The maximum atomic E-state index is 12.8. The Labute approximate surface area is 131 Å². The number of benzene rings is 1. The van der Waals surface area contributed by atoms with Gasteiger partial charge >= 0.3 is 0 Å². The minimum Gasteiger partial charge on any atom is -0.341 e. The standard InChI is InChI=1S/C17H23N3O2/c1-13(21)19-7-4-8-20(10-9-19)17(22)16-11-14-5-2-3-6-15(14)12-18-16/h2-3,5-6,16,18H,4,7-12H2,1H3. The lowest BCUT2D eigenvalue weighted by Crippen LogP contribution is -2.50. The van der Waals surface area contributed by atoms with Crippen molar-refractivity contribution >= 4 is 11.8 Å². The fourth-order valence-corrected chi connectivity index (χ4v) is 3.30. The normalized spacial score (nSPS) is 22.0. The molecule has 0 saturated carbocycles. The number of nitrogens with one attached hydrogen (secondary N) is 1. The first-order valence-corrected chi connectivity index (χ1v) is 7.99. The molecule has 0 radical (unpaired) electrons. The second kappa shape index (κ2) is 6.48. The molecule has 1 fully saturated rings. The summed E-state index contributed by atoms with van der Waals surface area (Å²) < 4.78 is 0. The maximum Gasteiger partial charge on any atom is 0.240 e. The second-order valence-electron chi connectivity index (χ2n) is 6.09. The molecule has 5 nitrogen and oxygen atoms in total. The van der Waals surface area contributed by atoms with Gasteiger partial charge in [-0.3, -0.25) is 9.59 Å². The SMILES string of the molecule is CC(=O)N1CCCN(C(=O)C2Cc3ccccc3CN2)CC1. The van der Waals surface area contributed by atoms with Crippen LogP contribution in [0.1, 0.15) is 24.5 Å². The number of nitrogens with zero attached hydrogens (tertiary/aromatic N) is 2. The van der Waals surface area contributed by atoms with E-state index in [1.54, 1.807) is 6.92 Å². The van der Waals surface area contributed by atoms with Crippen LogP contribution >= 0.6 is 0 Å². The molecule has 1 unspecified atom stereocenters. The van der Waals surface area contributed by atoms with E-state index in [-0.39, 0.29) is 17.9 Å². The van der Waals surface area contributed by atoms with E-state index in [1.807, 2.05) is 21.9 Å². The number of fused-ring (bicyclic) bond motifs is 1. The Morgan fingerprint density at radius 3 is 2.50 bits per heavy atom. The molecule has 1 saturated heterocycles. The molecule has 22 heavy (non-hydrogen) atoms. The van der Waals surface area contributed by atoms with E-state index in [9.17, 15) is 9.59 Å². The molecule has 1 atom stereocenters. The number of hydrogen-bond donors (Lipinski definition) is 1. The van der Waals surface area contributed by atoms with E-state index in [1.165, 1.54) is 11.1 Å². The van der Waals surface area contributed by atoms with Crippen molar-refractivity contribution in [2.75, 3.05) is 26.2 Å². The van der Waals surface area contributed by atoms with Crippen LogP contribution in [0.5, 0.6) is 0 Å². The zero-order chi connectivity index (χ0) is 15.5. The van der Waals surface area contributed by atoms with Gasteiger partial charge in [0, 0.05) is 39.6 Å². The summed E-state index contributed by atoms with van der Waals surface area (Å²) in [6.07, 6.45) is 1.61. The number of carbonyl (C=O) groups is 2. The molecule has 2 heterocycles. The van der Waals surface area contributed by atoms with Crippen LogP contribution in [0.2, 0.25) is 0 Å². The Kier molecular flexibility index (Phi) is 4.43. The fraction of sp³-hybridized carbons (Fsp3) is 0.529. The van der Waals surface area contributed by atoms with Gasteiger partial charge in [-0.2, -0.15) is 0 Å². The van der Waals surface area contributed by atoms with Crippen molar-refractivity contribution in [2.45, 2.75) is 32.4 Å². The number of carbonyl (C=O) groups excluding carboxylic acids is 2. The first-order valence-electron chi connectivity index (χ1n) is 7.99. The van der Waals surface area contributed by atoms with E-state index in [0.717, 1.165) is 32.5 Å². The molecule has 2 amide bonds. The zero-order valence-corrected chi connectivity index (χ0v) is 13.0. The van der Waals surface area contributed by atoms with Crippen LogP contribution in [0, 0.1) is 0 Å². The van der Waals surface area contributed by atoms with Crippen molar-refractivity contribution < 1.29 is 9.59 Å². The molecule has 2 aliphatic rings. The molecule has 118 valence electrons. The van der Waals surface area contributed by atoms with E-state index < -0.39 is 0 Å². The summed E-state index contributed by atoms with van der Waals surface area (Å²) in [5.41, 5.74) is 2.55. The van der Waals surface area contributed by atoms with Gasteiger partial charge in [0.15, 0.2) is 0 Å². The van der Waals surface area contributed by atoms with E-state index in [0.29, 0.717) is 13.1 Å². The minimum absolute atomic E-state index is 0.0963. The van der Waals surface area contributed by atoms with Gasteiger partial charge in [-0.1, -0.05) is 24.3 Å². The lowest BCUT2D eigenvalue weighted by molar-refractivity contribution is -0.134. The Morgan fingerprint density at radius 1 is 1.05 bits per heavy atom. The Morgan fingerprint density at radius 2 is 1.73 bits per heavy atom. The molecule has 1 aromatic carbocycles. The van der Waals surface area contributed by atoms with Crippen molar-refractivity contribution in [3.8, 4) is 0 Å². The van der Waals surface area contributed by atoms with Gasteiger partial charge in [0.2, 0.25) is 11.8 Å². The molecule has 0 spiro atoms. The molecule has 1 aromatic rings. The predicted molar refractivity (Wildman–Crippen MR) is 84.2 cm³/mol. The summed E-state index contributed by atoms with van der Waals surface area (Å²) in [4.78, 5) is 28.0. The number of amides is 2. The van der Waals surface area contributed by atoms with Gasteiger partial charge in [0.25, 0.3) is 0 Å². The molecule has 1 N–H and O–H groups in total. The molecule has 2 aliphatic heterocycles. The van der Waals surface area contributed by atoms with Crippen LogP contribution in [-0.4, -0.2) is 53.8 Å². The lowest BCUT2D eigenvalue weighted by atomic mass is 9.95. The van der Waals surface area contributed by atoms with Crippen LogP contribution in [-0.2, 0) is 22.6 Å². The summed E-state index contributed by atoms with van der Waals surface area (Å²) in [6.45, 7) is 5.11. The van der Waals surface area contributed by atoms with Crippen molar-refractivity contribution in [3.63, 3.8) is 0 Å². The summed E-state index contributed by atoms with van der Waals surface area (Å²) in [7, 11) is 0. The van der Waals surface area contributed by atoms with Crippen LogP contribution < -0.4 is 5.32 Å². The third kappa shape index (κ3) is 3.14. The predicted octanol–water partition coefficient (Wildman–Crippen LogP) is 0.782. The second-order valence-corrected chi connectivity index (χ2v) is 6.09. The summed E-state index contributed by atoms with van der Waals surface area (Å²) in [6, 6.07) is 8.14. The van der Waals surface area contributed by atoms with Gasteiger partial charge in [0.05, 0.1) is 6.04 Å². The summed E-state index contributed by atoms with van der Waals surface area (Å²) >= 11 is 0. The topological polar surface area (TPSA) is 52.7 Å². The third-order valence-corrected chi connectivity index (χ3v) is 4.63. The first-order chi connectivity index (χ1) is 10.6. The highest BCUT2D eigenvalue weighted by atomic mass is 16.2.